The molecule has 1 atom stereocenters. The zero-order valence-electron chi connectivity index (χ0n) is 16.8. The summed E-state index contributed by atoms with van der Waals surface area (Å²) in [6.45, 7) is 3.91. The maximum Gasteiger partial charge on any atom is 0.182 e. The predicted octanol–water partition coefficient (Wildman–Crippen LogP) is 3.49. The third-order valence-electron chi connectivity index (χ3n) is 5.76. The molecule has 1 N–H and O–H groups in total. The van der Waals surface area contributed by atoms with Gasteiger partial charge in [-0.05, 0) is 18.2 Å². The van der Waals surface area contributed by atoms with Crippen molar-refractivity contribution >= 4 is 23.1 Å². The van der Waals surface area contributed by atoms with Crippen molar-refractivity contribution in [3.8, 4) is 11.5 Å². The second-order valence-electron chi connectivity index (χ2n) is 8.03. The minimum Gasteiger partial charge on any atom is -0.359 e. The van der Waals surface area contributed by atoms with Gasteiger partial charge in [-0.1, -0.05) is 26.0 Å². The van der Waals surface area contributed by atoms with Crippen molar-refractivity contribution in [1.82, 2.24) is 24.7 Å². The molecule has 1 aliphatic heterocycles. The van der Waals surface area contributed by atoms with Gasteiger partial charge in [0.1, 0.15) is 17.8 Å². The molecule has 0 radical (unpaired) electrons. The van der Waals surface area contributed by atoms with Gasteiger partial charge in [-0.2, -0.15) is 5.10 Å². The van der Waals surface area contributed by atoms with E-state index in [0.717, 1.165) is 17.9 Å². The van der Waals surface area contributed by atoms with Crippen LogP contribution in [0.4, 0.5) is 14.6 Å². The van der Waals surface area contributed by atoms with Crippen LogP contribution in [0.5, 0.6) is 0 Å². The van der Waals surface area contributed by atoms with Crippen LogP contribution in [0.15, 0.2) is 42.7 Å². The number of hydrogen-bond acceptors (Lipinski definition) is 6. The highest BCUT2D eigenvalue weighted by atomic mass is 19.2. The molecular formula is C22H18F2N6O. The minimum absolute atomic E-state index is 0.000540. The third-order valence-corrected chi connectivity index (χ3v) is 5.76. The van der Waals surface area contributed by atoms with E-state index in [1.165, 1.54) is 16.8 Å². The van der Waals surface area contributed by atoms with Crippen LogP contribution in [0.1, 0.15) is 25.0 Å². The topological polar surface area (TPSA) is 85.6 Å². The van der Waals surface area contributed by atoms with Crippen LogP contribution in [-0.2, 0) is 16.8 Å². The molecule has 9 heteroatoms. The Morgan fingerprint density at radius 2 is 2.03 bits per heavy atom. The van der Waals surface area contributed by atoms with E-state index >= 15 is 0 Å². The van der Waals surface area contributed by atoms with Crippen molar-refractivity contribution in [2.45, 2.75) is 31.8 Å². The van der Waals surface area contributed by atoms with Crippen LogP contribution in [0, 0.1) is 11.6 Å². The number of fused-ring (bicyclic) bond motifs is 2. The number of aromatic nitrogens is 5. The van der Waals surface area contributed by atoms with Crippen molar-refractivity contribution in [3.63, 3.8) is 0 Å². The number of benzene rings is 1. The minimum atomic E-state index is -0.914. The van der Waals surface area contributed by atoms with Crippen LogP contribution >= 0.6 is 0 Å². The summed E-state index contributed by atoms with van der Waals surface area (Å²) in [6.07, 6.45) is 4.17. The SMILES string of the molecule is CC1(C)c2cnc(-c3nn(Cc4cccc(F)c4F)c4ncccc34)nc2NC1C=O. The number of anilines is 1. The van der Waals surface area contributed by atoms with Gasteiger partial charge < -0.3 is 10.1 Å². The smallest absolute Gasteiger partial charge is 0.182 e. The average molecular weight is 420 g/mol. The van der Waals surface area contributed by atoms with E-state index in [2.05, 4.69) is 25.4 Å². The molecule has 7 nitrogen and oxygen atoms in total. The van der Waals surface area contributed by atoms with Gasteiger partial charge in [0.2, 0.25) is 0 Å². The number of hydrogen-bond donors (Lipinski definition) is 1. The van der Waals surface area contributed by atoms with Crippen LogP contribution in [0.3, 0.4) is 0 Å². The zero-order valence-corrected chi connectivity index (χ0v) is 16.8. The van der Waals surface area contributed by atoms with Gasteiger partial charge in [0.15, 0.2) is 23.1 Å². The summed E-state index contributed by atoms with van der Waals surface area (Å²) >= 11 is 0. The van der Waals surface area contributed by atoms with Gasteiger partial charge in [0, 0.05) is 28.9 Å². The summed E-state index contributed by atoms with van der Waals surface area (Å²) in [5.41, 5.74) is 1.54. The Morgan fingerprint density at radius 1 is 1.19 bits per heavy atom. The maximum atomic E-state index is 14.2. The van der Waals surface area contributed by atoms with E-state index in [1.54, 1.807) is 18.5 Å². The number of carbonyl (C=O) groups excluding carboxylic acids is 1. The molecule has 4 heterocycles. The standard InChI is InChI=1S/C22H18F2N6O/c1-22(2)14-9-26-20(28-19(14)27-16(22)11-31)18-13-6-4-8-25-21(13)30(29-18)10-12-5-3-7-15(23)17(12)24/h3-9,11,16H,10H2,1-2H3,(H,26,27,28). The molecule has 0 fully saturated rings. The van der Waals surface area contributed by atoms with E-state index in [1.807, 2.05) is 19.9 Å². The lowest BCUT2D eigenvalue weighted by molar-refractivity contribution is -0.109. The number of aldehydes is 1. The van der Waals surface area contributed by atoms with Gasteiger partial charge >= 0.3 is 0 Å². The van der Waals surface area contributed by atoms with Crippen LogP contribution in [0.25, 0.3) is 22.6 Å². The van der Waals surface area contributed by atoms with Crippen molar-refractivity contribution in [1.29, 1.82) is 0 Å². The van der Waals surface area contributed by atoms with E-state index in [9.17, 15) is 13.6 Å². The lowest BCUT2D eigenvalue weighted by Crippen LogP contribution is -2.34. The highest BCUT2D eigenvalue weighted by Crippen LogP contribution is 2.39. The number of nitrogens with zero attached hydrogens (tertiary/aromatic N) is 5. The third kappa shape index (κ3) is 2.96. The quantitative estimate of drug-likeness (QED) is 0.509. The van der Waals surface area contributed by atoms with Gasteiger partial charge in [0.25, 0.3) is 0 Å². The fourth-order valence-electron chi connectivity index (χ4n) is 3.89. The predicted molar refractivity (Wildman–Crippen MR) is 111 cm³/mol. The first-order valence-corrected chi connectivity index (χ1v) is 9.74. The Kier molecular flexibility index (Phi) is 4.28. The monoisotopic (exact) mass is 420 g/mol. The molecule has 1 aliphatic rings. The Balaban J connectivity index is 1.61. The Hall–Kier alpha value is -3.75. The van der Waals surface area contributed by atoms with Gasteiger partial charge in [-0.3, -0.25) is 0 Å². The van der Waals surface area contributed by atoms with Gasteiger partial charge in [0.05, 0.1) is 18.0 Å². The summed E-state index contributed by atoms with van der Waals surface area (Å²) < 4.78 is 29.4. The molecule has 3 aromatic heterocycles. The van der Waals surface area contributed by atoms with Crippen molar-refractivity contribution in [2.75, 3.05) is 5.32 Å². The highest BCUT2D eigenvalue weighted by Gasteiger charge is 2.40. The Bertz CT molecular complexity index is 1330. The summed E-state index contributed by atoms with van der Waals surface area (Å²) in [4.78, 5) is 24.9. The van der Waals surface area contributed by atoms with Gasteiger partial charge in [-0.25, -0.2) is 28.4 Å². The second-order valence-corrected chi connectivity index (χ2v) is 8.03. The van der Waals surface area contributed by atoms with E-state index < -0.39 is 23.1 Å². The number of pyridine rings is 1. The summed E-state index contributed by atoms with van der Waals surface area (Å²) in [7, 11) is 0. The fraction of sp³-hybridized carbons (Fsp3) is 0.227. The number of carbonyl (C=O) groups is 1. The average Bonchev–Trinajstić information content (AvgIpc) is 3.25. The summed E-state index contributed by atoms with van der Waals surface area (Å²) in [5, 5.41) is 8.39. The van der Waals surface area contributed by atoms with Crippen molar-refractivity contribution in [2.24, 2.45) is 0 Å². The van der Waals surface area contributed by atoms with Crippen LogP contribution < -0.4 is 5.32 Å². The molecular weight excluding hydrogens is 402 g/mol. The normalized spacial score (nSPS) is 16.8. The Morgan fingerprint density at radius 3 is 2.84 bits per heavy atom. The fourth-order valence-corrected chi connectivity index (χ4v) is 3.89. The Labute approximate surface area is 176 Å². The molecule has 0 amide bonds. The second kappa shape index (κ2) is 6.90. The van der Waals surface area contributed by atoms with Crippen molar-refractivity contribution < 1.29 is 13.6 Å². The first-order valence-electron chi connectivity index (χ1n) is 9.74. The first-order chi connectivity index (χ1) is 14.9. The lowest BCUT2D eigenvalue weighted by atomic mass is 9.82. The van der Waals surface area contributed by atoms with Crippen molar-refractivity contribution in [3.05, 3.63) is 65.5 Å². The maximum absolute atomic E-state index is 14.2. The van der Waals surface area contributed by atoms with E-state index in [0.29, 0.717) is 28.4 Å². The van der Waals surface area contributed by atoms with Crippen LogP contribution in [0.2, 0.25) is 0 Å². The number of halogens is 2. The molecule has 0 aliphatic carbocycles. The van der Waals surface area contributed by atoms with Crippen LogP contribution in [-0.4, -0.2) is 37.1 Å². The van der Waals surface area contributed by atoms with E-state index in [4.69, 9.17) is 0 Å². The largest absolute Gasteiger partial charge is 0.359 e. The van der Waals surface area contributed by atoms with E-state index in [-0.39, 0.29) is 12.1 Å². The molecule has 0 bridgehead atoms. The molecule has 1 aromatic carbocycles. The number of nitrogens with one attached hydrogen (secondary N) is 1. The molecule has 5 rings (SSSR count). The highest BCUT2D eigenvalue weighted by molar-refractivity contribution is 5.89. The molecule has 0 spiro atoms. The molecule has 0 saturated carbocycles. The summed E-state index contributed by atoms with van der Waals surface area (Å²) in [6, 6.07) is 7.21. The molecule has 0 saturated heterocycles. The lowest BCUT2D eigenvalue weighted by Gasteiger charge is -2.21. The summed E-state index contributed by atoms with van der Waals surface area (Å²) in [5.74, 6) is -0.897. The zero-order chi connectivity index (χ0) is 21.8. The first kappa shape index (κ1) is 19.2. The molecule has 1 unspecified atom stereocenters. The molecule has 156 valence electrons. The molecule has 31 heavy (non-hydrogen) atoms. The number of rotatable bonds is 4. The van der Waals surface area contributed by atoms with Gasteiger partial charge in [-0.15, -0.1) is 0 Å². The molecule has 4 aromatic rings.